The molecule has 118 valence electrons. The van der Waals surface area contributed by atoms with Gasteiger partial charge in [-0.1, -0.05) is 15.9 Å². The topological polar surface area (TPSA) is 17.1 Å². The number of carbonyl (C=O) groups excluding carboxylic acids is 1. The molecule has 21 heavy (non-hydrogen) atoms. The summed E-state index contributed by atoms with van der Waals surface area (Å²) in [7, 11) is 0. The Morgan fingerprint density at radius 2 is 1.62 bits per heavy atom. The number of hydrogen-bond donors (Lipinski definition) is 0. The minimum atomic E-state index is -4.70. The Labute approximate surface area is 133 Å². The lowest BCUT2D eigenvalue weighted by Crippen LogP contribution is -2.13. The lowest BCUT2D eigenvalue weighted by atomic mass is 10.1. The molecule has 1 unspecified atom stereocenters. The number of rotatable bonds is 4. The fraction of sp³-hybridized carbons (Fsp3) is 0.364. The zero-order valence-electron chi connectivity index (χ0n) is 10.2. The molecule has 1 aromatic carbocycles. The smallest absolute Gasteiger partial charge is 0.293 e. The Bertz CT molecular complexity index is 526. The van der Waals surface area contributed by atoms with E-state index in [-0.39, 0.29) is 5.56 Å². The van der Waals surface area contributed by atoms with Crippen molar-refractivity contribution in [3.05, 3.63) is 23.8 Å². The number of alkyl halides is 7. The van der Waals surface area contributed by atoms with Crippen molar-refractivity contribution < 1.29 is 31.1 Å². The molecule has 0 bridgehead atoms. The first-order chi connectivity index (χ1) is 9.39. The maximum absolute atomic E-state index is 12.5. The minimum absolute atomic E-state index is 0.270. The molecule has 0 aliphatic carbocycles. The molecule has 0 aromatic heterocycles. The molecular weight excluding hydrogens is 406 g/mol. The predicted octanol–water partition coefficient (Wildman–Crippen LogP) is 5.88. The zero-order chi connectivity index (χ0) is 16.4. The fourth-order valence-electron chi connectivity index (χ4n) is 1.33. The van der Waals surface area contributed by atoms with Crippen molar-refractivity contribution in [2.24, 2.45) is 0 Å². The van der Waals surface area contributed by atoms with E-state index in [1.807, 2.05) is 0 Å². The third-order valence-corrected chi connectivity index (χ3v) is 3.97. The first kappa shape index (κ1) is 18.7. The number of hydrogen-bond acceptors (Lipinski definition) is 3. The summed E-state index contributed by atoms with van der Waals surface area (Å²) < 4.78 is 74.2. The summed E-state index contributed by atoms with van der Waals surface area (Å²) in [5.41, 5.74) is -9.59. The van der Waals surface area contributed by atoms with Gasteiger partial charge in [0.2, 0.25) is 0 Å². The van der Waals surface area contributed by atoms with Gasteiger partial charge in [-0.2, -0.15) is 26.3 Å². The molecule has 0 saturated heterocycles. The third-order valence-electron chi connectivity index (χ3n) is 2.04. The van der Waals surface area contributed by atoms with Crippen LogP contribution in [0.1, 0.15) is 17.3 Å². The van der Waals surface area contributed by atoms with Crippen molar-refractivity contribution in [1.29, 1.82) is 0 Å². The minimum Gasteiger partial charge on any atom is -0.293 e. The normalized spacial score (nSPS) is 14.1. The van der Waals surface area contributed by atoms with Gasteiger partial charge in [0.05, 0.1) is 4.83 Å². The molecule has 0 spiro atoms. The van der Waals surface area contributed by atoms with Crippen LogP contribution in [0.2, 0.25) is 0 Å². The van der Waals surface area contributed by atoms with E-state index in [4.69, 9.17) is 0 Å². The van der Waals surface area contributed by atoms with Crippen LogP contribution in [0.5, 0.6) is 0 Å². The van der Waals surface area contributed by atoms with E-state index in [0.717, 1.165) is 18.2 Å². The second-order valence-electron chi connectivity index (χ2n) is 3.73. The lowest BCUT2D eigenvalue weighted by molar-refractivity contribution is -0.0334. The van der Waals surface area contributed by atoms with Gasteiger partial charge in [-0.15, -0.1) is 0 Å². The van der Waals surface area contributed by atoms with Crippen LogP contribution < -0.4 is 0 Å². The summed E-state index contributed by atoms with van der Waals surface area (Å²) in [5, 5.41) is 0. The number of Topliss-reactive ketones (excluding diaryl/α,β-unsaturated/α-hetero) is 1. The number of thioether (sulfide) groups is 2. The first-order valence-electron chi connectivity index (χ1n) is 5.23. The van der Waals surface area contributed by atoms with Crippen LogP contribution in [0, 0.1) is 0 Å². The van der Waals surface area contributed by atoms with Crippen LogP contribution in [0.25, 0.3) is 0 Å². The highest BCUT2D eigenvalue weighted by Gasteiger charge is 2.34. The SMILES string of the molecule is CC(Br)C(=O)c1ccc(SC(F)(F)F)cc1SC(F)(F)F. The molecule has 0 amide bonds. The first-order valence-corrected chi connectivity index (χ1v) is 7.78. The van der Waals surface area contributed by atoms with Crippen LogP contribution in [0.15, 0.2) is 28.0 Å². The zero-order valence-corrected chi connectivity index (χ0v) is 13.4. The van der Waals surface area contributed by atoms with Gasteiger partial charge in [0.25, 0.3) is 0 Å². The molecule has 0 aliphatic heterocycles. The molecule has 0 heterocycles. The van der Waals surface area contributed by atoms with Gasteiger partial charge >= 0.3 is 11.0 Å². The van der Waals surface area contributed by atoms with E-state index in [0.29, 0.717) is 0 Å². The molecule has 1 aromatic rings. The number of carbonyl (C=O) groups is 1. The van der Waals surface area contributed by atoms with Crippen LogP contribution >= 0.6 is 39.5 Å². The highest BCUT2D eigenvalue weighted by Crippen LogP contribution is 2.43. The van der Waals surface area contributed by atoms with E-state index in [2.05, 4.69) is 15.9 Å². The van der Waals surface area contributed by atoms with Crippen molar-refractivity contribution in [3.63, 3.8) is 0 Å². The Morgan fingerprint density at radius 1 is 1.10 bits per heavy atom. The molecule has 0 radical (unpaired) electrons. The standard InChI is InChI=1S/C11H7BrF6OS2/c1-5(12)9(19)7-3-2-6(20-10(13,14)15)4-8(7)21-11(16,17)18/h2-5H,1H3. The van der Waals surface area contributed by atoms with Crippen molar-refractivity contribution in [2.45, 2.75) is 32.6 Å². The molecule has 0 saturated carbocycles. The summed E-state index contributed by atoms with van der Waals surface area (Å²) in [6, 6.07) is 2.67. The molecule has 0 aliphatic rings. The number of halogens is 7. The van der Waals surface area contributed by atoms with Crippen molar-refractivity contribution in [3.8, 4) is 0 Å². The van der Waals surface area contributed by atoms with Crippen LogP contribution in [0.3, 0.4) is 0 Å². The monoisotopic (exact) mass is 412 g/mol. The molecular formula is C11H7BrF6OS2. The highest BCUT2D eigenvalue weighted by molar-refractivity contribution is 9.10. The van der Waals surface area contributed by atoms with Gasteiger partial charge in [-0.25, -0.2) is 0 Å². The average molecular weight is 413 g/mol. The molecule has 1 rings (SSSR count). The second kappa shape index (κ2) is 6.82. The van der Waals surface area contributed by atoms with E-state index in [9.17, 15) is 31.1 Å². The second-order valence-corrected chi connectivity index (χ2v) is 7.35. The molecule has 1 nitrogen and oxygen atoms in total. The lowest BCUT2D eigenvalue weighted by Gasteiger charge is -2.13. The number of ketones is 1. The third kappa shape index (κ3) is 6.52. The number of benzene rings is 1. The molecule has 1 atom stereocenters. The molecule has 0 fully saturated rings. The van der Waals surface area contributed by atoms with Gasteiger partial charge in [0, 0.05) is 15.4 Å². The van der Waals surface area contributed by atoms with Gasteiger partial charge in [-0.3, -0.25) is 4.79 Å². The summed E-state index contributed by atoms with van der Waals surface area (Å²) in [6.45, 7) is 1.42. The van der Waals surface area contributed by atoms with E-state index in [1.165, 1.54) is 6.92 Å². The Hall–Kier alpha value is -0.350. The van der Waals surface area contributed by atoms with E-state index in [1.54, 1.807) is 0 Å². The van der Waals surface area contributed by atoms with Crippen molar-refractivity contribution >= 4 is 45.2 Å². The molecule has 0 N–H and O–H groups in total. The molecule has 10 heteroatoms. The van der Waals surface area contributed by atoms with Crippen molar-refractivity contribution in [2.75, 3.05) is 0 Å². The Kier molecular flexibility index (Phi) is 6.08. The Balaban J connectivity index is 3.23. The predicted molar refractivity (Wildman–Crippen MR) is 73.0 cm³/mol. The van der Waals surface area contributed by atoms with Gasteiger partial charge in [-0.05, 0) is 48.6 Å². The maximum Gasteiger partial charge on any atom is 0.446 e. The summed E-state index contributed by atoms with van der Waals surface area (Å²) in [4.78, 5) is 10.1. The van der Waals surface area contributed by atoms with Crippen LogP contribution in [-0.2, 0) is 0 Å². The van der Waals surface area contributed by atoms with Gasteiger partial charge < -0.3 is 0 Å². The highest BCUT2D eigenvalue weighted by atomic mass is 79.9. The quantitative estimate of drug-likeness (QED) is 0.266. The summed E-state index contributed by atoms with van der Waals surface area (Å²) >= 11 is 1.79. The Morgan fingerprint density at radius 3 is 2.05 bits per heavy atom. The average Bonchev–Trinajstić information content (AvgIpc) is 2.23. The van der Waals surface area contributed by atoms with E-state index >= 15 is 0 Å². The summed E-state index contributed by atoms with van der Waals surface area (Å²) in [5.74, 6) is -0.634. The van der Waals surface area contributed by atoms with Gasteiger partial charge in [0.1, 0.15) is 0 Å². The van der Waals surface area contributed by atoms with Crippen molar-refractivity contribution in [1.82, 2.24) is 0 Å². The van der Waals surface area contributed by atoms with Crippen LogP contribution in [-0.4, -0.2) is 21.6 Å². The van der Waals surface area contributed by atoms with E-state index < -0.39 is 54.9 Å². The fourth-order valence-corrected chi connectivity index (χ4v) is 2.94. The largest absolute Gasteiger partial charge is 0.446 e. The maximum atomic E-state index is 12.5. The van der Waals surface area contributed by atoms with Gasteiger partial charge in [0.15, 0.2) is 5.78 Å². The summed E-state index contributed by atoms with van der Waals surface area (Å²) in [6.07, 6.45) is 0. The van der Waals surface area contributed by atoms with Crippen LogP contribution in [0.4, 0.5) is 26.3 Å².